The smallest absolute Gasteiger partial charge is 0.229 e. The van der Waals surface area contributed by atoms with Gasteiger partial charge in [0.05, 0.1) is 5.39 Å². The monoisotopic (exact) mass is 341 g/mol. The van der Waals surface area contributed by atoms with Crippen LogP contribution in [0, 0.1) is 13.8 Å². The number of H-pyrrole nitrogens is 1. The van der Waals surface area contributed by atoms with Crippen molar-refractivity contribution in [2.24, 2.45) is 0 Å². The van der Waals surface area contributed by atoms with Crippen molar-refractivity contribution in [3.8, 4) is 0 Å². The molecule has 1 aliphatic heterocycles. The van der Waals surface area contributed by atoms with E-state index in [1.807, 2.05) is 25.1 Å². The third-order valence-electron chi connectivity index (χ3n) is 4.45. The van der Waals surface area contributed by atoms with Gasteiger partial charge in [-0.25, -0.2) is 0 Å². The predicted molar refractivity (Wildman–Crippen MR) is 99.5 cm³/mol. The number of aryl methyl sites for hydroxylation is 2. The molecule has 1 fully saturated rings. The molecule has 1 aliphatic rings. The van der Waals surface area contributed by atoms with Crippen LogP contribution in [0.4, 0.5) is 17.5 Å². The second-order valence-electron chi connectivity index (χ2n) is 6.37. The largest absolute Gasteiger partial charge is 0.343 e. The first kappa shape index (κ1) is 15.3. The van der Waals surface area contributed by atoms with E-state index in [2.05, 4.69) is 28.2 Å². The molecule has 0 saturated carbocycles. The fourth-order valence-corrected chi connectivity index (χ4v) is 3.31. The Morgan fingerprint density at radius 1 is 1.12 bits per heavy atom. The van der Waals surface area contributed by atoms with Gasteiger partial charge in [0.1, 0.15) is 11.5 Å². The lowest BCUT2D eigenvalue weighted by Crippen LogP contribution is -2.20. The Balaban J connectivity index is 1.81. The third kappa shape index (κ3) is 2.80. The van der Waals surface area contributed by atoms with Crippen molar-refractivity contribution in [3.63, 3.8) is 0 Å². The fraction of sp³-hybridized carbons (Fsp3) is 0.333. The molecule has 0 amide bonds. The summed E-state index contributed by atoms with van der Waals surface area (Å²) in [5, 5.41) is 5.15. The molecule has 5 nitrogen and oxygen atoms in total. The number of hydrogen-bond donors (Lipinski definition) is 2. The first-order valence-electron chi connectivity index (χ1n) is 8.25. The van der Waals surface area contributed by atoms with E-state index in [4.69, 9.17) is 21.6 Å². The molecule has 3 aromatic rings. The number of anilines is 3. The highest BCUT2D eigenvalue weighted by Crippen LogP contribution is 2.30. The molecule has 1 aromatic carbocycles. The number of nitrogens with zero attached hydrogens (tertiary/aromatic N) is 3. The van der Waals surface area contributed by atoms with Crippen LogP contribution in [0.2, 0.25) is 5.02 Å². The molecular formula is C18H20ClN5. The minimum Gasteiger partial charge on any atom is -0.343 e. The standard InChI is InChI=1S/C18H20ClN5/c1-11-5-6-13(19)10-15(11)21-17-14-9-12(2)20-16(14)22-18(23-17)24-7-3-4-8-24/h5-6,9-10H,3-4,7-8H2,1-2H3,(H2,20,21,22,23). The summed E-state index contributed by atoms with van der Waals surface area (Å²) in [4.78, 5) is 15.1. The number of fused-ring (bicyclic) bond motifs is 1. The molecule has 1 saturated heterocycles. The molecule has 0 radical (unpaired) electrons. The van der Waals surface area contributed by atoms with Gasteiger partial charge in [0.25, 0.3) is 0 Å². The number of halogens is 1. The molecule has 0 atom stereocenters. The van der Waals surface area contributed by atoms with E-state index in [0.717, 1.165) is 52.8 Å². The van der Waals surface area contributed by atoms with Gasteiger partial charge in [-0.05, 0) is 50.5 Å². The summed E-state index contributed by atoms with van der Waals surface area (Å²) in [6, 6.07) is 7.91. The van der Waals surface area contributed by atoms with Gasteiger partial charge in [0.2, 0.25) is 5.95 Å². The van der Waals surface area contributed by atoms with E-state index in [9.17, 15) is 0 Å². The van der Waals surface area contributed by atoms with Gasteiger partial charge >= 0.3 is 0 Å². The number of rotatable bonds is 3. The van der Waals surface area contributed by atoms with E-state index in [0.29, 0.717) is 5.02 Å². The van der Waals surface area contributed by atoms with Crippen molar-refractivity contribution in [3.05, 3.63) is 40.5 Å². The van der Waals surface area contributed by atoms with Crippen LogP contribution in [0.5, 0.6) is 0 Å². The first-order valence-corrected chi connectivity index (χ1v) is 8.63. The van der Waals surface area contributed by atoms with E-state index < -0.39 is 0 Å². The summed E-state index contributed by atoms with van der Waals surface area (Å²) in [5.74, 6) is 1.60. The van der Waals surface area contributed by atoms with Gasteiger partial charge in [-0.15, -0.1) is 0 Å². The zero-order chi connectivity index (χ0) is 16.7. The van der Waals surface area contributed by atoms with Crippen molar-refractivity contribution >= 4 is 40.1 Å². The van der Waals surface area contributed by atoms with E-state index in [1.54, 1.807) is 0 Å². The number of aromatic amines is 1. The number of aromatic nitrogens is 3. The quantitative estimate of drug-likeness (QED) is 0.732. The van der Waals surface area contributed by atoms with Crippen LogP contribution in [0.3, 0.4) is 0 Å². The molecule has 0 unspecified atom stereocenters. The average Bonchev–Trinajstić information content (AvgIpc) is 3.19. The zero-order valence-electron chi connectivity index (χ0n) is 13.9. The molecule has 2 aromatic heterocycles. The maximum atomic E-state index is 6.15. The highest BCUT2D eigenvalue weighted by molar-refractivity contribution is 6.30. The molecule has 0 aliphatic carbocycles. The van der Waals surface area contributed by atoms with Crippen LogP contribution in [0.15, 0.2) is 24.3 Å². The Hall–Kier alpha value is -2.27. The summed E-state index contributed by atoms with van der Waals surface area (Å²) in [6.45, 7) is 6.12. The van der Waals surface area contributed by atoms with Crippen LogP contribution in [-0.2, 0) is 0 Å². The first-order chi connectivity index (χ1) is 11.6. The Morgan fingerprint density at radius 2 is 1.92 bits per heavy atom. The lowest BCUT2D eigenvalue weighted by atomic mass is 10.2. The lowest BCUT2D eigenvalue weighted by molar-refractivity contribution is 0.906. The van der Waals surface area contributed by atoms with Crippen LogP contribution in [-0.4, -0.2) is 28.0 Å². The van der Waals surface area contributed by atoms with Gasteiger partial charge in [0, 0.05) is 29.5 Å². The molecule has 3 heterocycles. The van der Waals surface area contributed by atoms with Gasteiger partial charge in [0.15, 0.2) is 0 Å². The molecule has 0 bridgehead atoms. The Labute approximate surface area is 146 Å². The Bertz CT molecular complexity index is 896. The topological polar surface area (TPSA) is 56.8 Å². The fourth-order valence-electron chi connectivity index (χ4n) is 3.14. The maximum absolute atomic E-state index is 6.15. The minimum absolute atomic E-state index is 0.707. The maximum Gasteiger partial charge on any atom is 0.229 e. The zero-order valence-corrected chi connectivity index (χ0v) is 14.6. The van der Waals surface area contributed by atoms with E-state index in [-0.39, 0.29) is 0 Å². The summed E-state index contributed by atoms with van der Waals surface area (Å²) in [7, 11) is 0. The molecule has 0 spiro atoms. The lowest BCUT2D eigenvalue weighted by Gasteiger charge is -2.17. The van der Waals surface area contributed by atoms with Crippen LogP contribution in [0.1, 0.15) is 24.1 Å². The van der Waals surface area contributed by atoms with Gasteiger partial charge in [-0.1, -0.05) is 17.7 Å². The highest BCUT2D eigenvalue weighted by atomic mass is 35.5. The molecular weight excluding hydrogens is 322 g/mol. The molecule has 6 heteroatoms. The second-order valence-corrected chi connectivity index (χ2v) is 6.80. The van der Waals surface area contributed by atoms with Gasteiger partial charge in [-0.3, -0.25) is 0 Å². The van der Waals surface area contributed by atoms with Gasteiger partial charge in [-0.2, -0.15) is 9.97 Å². The van der Waals surface area contributed by atoms with Crippen LogP contribution in [0.25, 0.3) is 11.0 Å². The van der Waals surface area contributed by atoms with Crippen molar-refractivity contribution in [1.82, 2.24) is 15.0 Å². The predicted octanol–water partition coefficient (Wildman–Crippen LogP) is 4.57. The molecule has 124 valence electrons. The highest BCUT2D eigenvalue weighted by Gasteiger charge is 2.18. The van der Waals surface area contributed by atoms with Crippen molar-refractivity contribution < 1.29 is 0 Å². The second kappa shape index (κ2) is 5.98. The van der Waals surface area contributed by atoms with Crippen molar-refractivity contribution in [2.75, 3.05) is 23.3 Å². The summed E-state index contributed by atoms with van der Waals surface area (Å²) < 4.78 is 0. The average molecular weight is 342 g/mol. The van der Waals surface area contributed by atoms with Crippen molar-refractivity contribution in [1.29, 1.82) is 0 Å². The number of nitrogens with one attached hydrogen (secondary N) is 2. The number of benzene rings is 1. The molecule has 24 heavy (non-hydrogen) atoms. The number of hydrogen-bond acceptors (Lipinski definition) is 4. The van der Waals surface area contributed by atoms with E-state index in [1.165, 1.54) is 12.8 Å². The van der Waals surface area contributed by atoms with Gasteiger partial charge < -0.3 is 15.2 Å². The van der Waals surface area contributed by atoms with E-state index >= 15 is 0 Å². The Morgan fingerprint density at radius 3 is 2.71 bits per heavy atom. The normalized spacial score (nSPS) is 14.5. The SMILES string of the molecule is Cc1cc2c(Nc3cc(Cl)ccc3C)nc(N3CCCC3)nc2[nH]1. The summed E-state index contributed by atoms with van der Waals surface area (Å²) >= 11 is 6.15. The molecule has 4 rings (SSSR count). The molecule has 2 N–H and O–H groups in total. The van der Waals surface area contributed by atoms with Crippen molar-refractivity contribution in [2.45, 2.75) is 26.7 Å². The van der Waals surface area contributed by atoms with Crippen LogP contribution >= 0.6 is 11.6 Å². The summed E-state index contributed by atoms with van der Waals surface area (Å²) in [5.41, 5.74) is 4.03. The minimum atomic E-state index is 0.707. The summed E-state index contributed by atoms with van der Waals surface area (Å²) in [6.07, 6.45) is 2.39. The third-order valence-corrected chi connectivity index (χ3v) is 4.69. The Kier molecular flexibility index (Phi) is 3.81. The van der Waals surface area contributed by atoms with Crippen LogP contribution < -0.4 is 10.2 Å².